The van der Waals surface area contributed by atoms with Gasteiger partial charge in [-0.25, -0.2) is 4.98 Å². The normalized spacial score (nSPS) is 12.3. The van der Waals surface area contributed by atoms with Crippen LogP contribution in [0, 0.1) is 13.8 Å². The zero-order valence-corrected chi connectivity index (χ0v) is 13.8. The molecule has 0 radical (unpaired) electrons. The quantitative estimate of drug-likeness (QED) is 0.728. The number of aromatic nitrogens is 7. The van der Waals surface area contributed by atoms with Crippen LogP contribution < -0.4 is 5.32 Å². The van der Waals surface area contributed by atoms with Gasteiger partial charge in [-0.15, -0.1) is 16.4 Å². The molecule has 0 saturated carbocycles. The van der Waals surface area contributed by atoms with Gasteiger partial charge in [-0.3, -0.25) is 9.89 Å². The Balaban J connectivity index is 1.82. The Kier molecular flexibility index (Phi) is 4.15. The second kappa shape index (κ2) is 6.24. The maximum absolute atomic E-state index is 12.6. The molecule has 0 bridgehead atoms. The number of nitrogens with one attached hydrogen (secondary N) is 2. The average Bonchev–Trinajstić information content (AvgIpc) is 3.25. The molecule has 0 saturated heterocycles. The third-order valence-electron chi connectivity index (χ3n) is 3.50. The maximum atomic E-state index is 12.6. The van der Waals surface area contributed by atoms with Gasteiger partial charge in [0.2, 0.25) is 0 Å². The van der Waals surface area contributed by atoms with Crippen molar-refractivity contribution >= 4 is 17.2 Å². The Hall–Kier alpha value is -2.62. The number of thiazole rings is 1. The highest BCUT2D eigenvalue weighted by molar-refractivity contribution is 7.11. The monoisotopic (exact) mass is 332 g/mol. The van der Waals surface area contributed by atoms with Crippen molar-refractivity contribution in [1.29, 1.82) is 0 Å². The van der Waals surface area contributed by atoms with E-state index >= 15 is 0 Å². The van der Waals surface area contributed by atoms with Crippen molar-refractivity contribution in [3.05, 3.63) is 33.7 Å². The van der Waals surface area contributed by atoms with Crippen LogP contribution in [0.15, 0.2) is 12.5 Å². The summed E-state index contributed by atoms with van der Waals surface area (Å²) in [4.78, 5) is 18.3. The number of aromatic amines is 1. The minimum absolute atomic E-state index is 0.142. The van der Waals surface area contributed by atoms with Gasteiger partial charge in [-0.1, -0.05) is 6.92 Å². The summed E-state index contributed by atoms with van der Waals surface area (Å²) in [6, 6.07) is -0.142. The van der Waals surface area contributed by atoms with E-state index in [1.165, 1.54) is 17.2 Å². The molecule has 3 aromatic rings. The van der Waals surface area contributed by atoms with Gasteiger partial charge in [0.05, 0.1) is 17.9 Å². The van der Waals surface area contributed by atoms with Gasteiger partial charge in [-0.05, 0) is 30.7 Å². The van der Waals surface area contributed by atoms with E-state index in [0.717, 1.165) is 22.0 Å². The van der Waals surface area contributed by atoms with Gasteiger partial charge in [0.1, 0.15) is 16.9 Å². The average molecular weight is 332 g/mol. The summed E-state index contributed by atoms with van der Waals surface area (Å²) >= 11 is 1.60. The number of amides is 1. The number of carbonyl (C=O) groups is 1. The Bertz CT molecular complexity index is 786. The first-order valence-corrected chi connectivity index (χ1v) is 7.93. The molecule has 0 fully saturated rings. The largest absolute Gasteiger partial charge is 0.343 e. The molecule has 0 aliphatic heterocycles. The Morgan fingerprint density at radius 2 is 2.30 bits per heavy atom. The first kappa shape index (κ1) is 15.3. The number of tetrazole rings is 1. The first-order valence-electron chi connectivity index (χ1n) is 7.11. The molecule has 0 aliphatic carbocycles. The van der Waals surface area contributed by atoms with Crippen LogP contribution in [0.5, 0.6) is 0 Å². The molecule has 0 spiro atoms. The lowest BCUT2D eigenvalue weighted by Crippen LogP contribution is -2.28. The second-order valence-corrected chi connectivity index (χ2v) is 6.25. The third kappa shape index (κ3) is 2.97. The molecule has 2 N–H and O–H groups in total. The summed E-state index contributed by atoms with van der Waals surface area (Å²) in [6.07, 6.45) is 3.60. The molecule has 3 rings (SSSR count). The molecule has 9 nitrogen and oxygen atoms in total. The van der Waals surface area contributed by atoms with E-state index in [0.29, 0.717) is 11.4 Å². The van der Waals surface area contributed by atoms with Crippen LogP contribution in [0.25, 0.3) is 5.82 Å². The summed E-state index contributed by atoms with van der Waals surface area (Å²) < 4.78 is 1.36. The van der Waals surface area contributed by atoms with Crippen LogP contribution >= 0.6 is 11.3 Å². The van der Waals surface area contributed by atoms with Crippen molar-refractivity contribution in [3.63, 3.8) is 0 Å². The summed E-state index contributed by atoms with van der Waals surface area (Å²) in [6.45, 7) is 6.00. The van der Waals surface area contributed by atoms with Crippen molar-refractivity contribution in [2.75, 3.05) is 0 Å². The number of aryl methyl sites for hydroxylation is 2. The van der Waals surface area contributed by atoms with E-state index in [1.54, 1.807) is 11.3 Å². The van der Waals surface area contributed by atoms with Gasteiger partial charge in [0.25, 0.3) is 5.91 Å². The molecule has 0 aromatic carbocycles. The van der Waals surface area contributed by atoms with Crippen molar-refractivity contribution in [1.82, 2.24) is 40.7 Å². The molecule has 1 amide bonds. The fraction of sp³-hybridized carbons (Fsp3) is 0.385. The highest BCUT2D eigenvalue weighted by atomic mass is 32.1. The van der Waals surface area contributed by atoms with Crippen LogP contribution in [0.2, 0.25) is 0 Å². The van der Waals surface area contributed by atoms with Gasteiger partial charge < -0.3 is 5.32 Å². The number of hydrogen-bond acceptors (Lipinski definition) is 7. The van der Waals surface area contributed by atoms with E-state index < -0.39 is 0 Å². The summed E-state index contributed by atoms with van der Waals surface area (Å²) in [7, 11) is 0. The van der Waals surface area contributed by atoms with Crippen LogP contribution in [0.4, 0.5) is 0 Å². The number of rotatable bonds is 5. The SMILES string of the molecule is CCC(NC(=O)c1cn[nH]c1-n1cnnn1)c1nc(C)c(C)s1. The van der Waals surface area contributed by atoms with Crippen molar-refractivity contribution in [3.8, 4) is 5.82 Å². The summed E-state index contributed by atoms with van der Waals surface area (Å²) in [5.41, 5.74) is 1.37. The number of carbonyl (C=O) groups excluding carboxylic acids is 1. The fourth-order valence-corrected chi connectivity index (χ4v) is 3.16. The first-order chi connectivity index (χ1) is 11.1. The van der Waals surface area contributed by atoms with E-state index in [4.69, 9.17) is 0 Å². The lowest BCUT2D eigenvalue weighted by Gasteiger charge is -2.14. The Morgan fingerprint density at radius 1 is 1.48 bits per heavy atom. The van der Waals surface area contributed by atoms with Crippen molar-refractivity contribution in [2.45, 2.75) is 33.2 Å². The van der Waals surface area contributed by atoms with Crippen LogP contribution in [0.3, 0.4) is 0 Å². The smallest absolute Gasteiger partial charge is 0.257 e. The summed E-state index contributed by atoms with van der Waals surface area (Å²) in [5.74, 6) is 0.176. The lowest BCUT2D eigenvalue weighted by molar-refractivity contribution is 0.0935. The fourth-order valence-electron chi connectivity index (χ4n) is 2.10. The van der Waals surface area contributed by atoms with E-state index in [9.17, 15) is 4.79 Å². The molecule has 10 heteroatoms. The minimum atomic E-state index is -0.249. The van der Waals surface area contributed by atoms with E-state index in [1.807, 2.05) is 20.8 Å². The zero-order valence-electron chi connectivity index (χ0n) is 12.9. The number of hydrogen-bond donors (Lipinski definition) is 2. The molecule has 3 heterocycles. The number of H-pyrrole nitrogens is 1. The molecule has 120 valence electrons. The summed E-state index contributed by atoms with van der Waals surface area (Å²) in [5, 5.41) is 21.4. The molecular weight excluding hydrogens is 316 g/mol. The maximum Gasteiger partial charge on any atom is 0.257 e. The van der Waals surface area contributed by atoms with Crippen molar-refractivity contribution in [2.24, 2.45) is 0 Å². The van der Waals surface area contributed by atoms with Crippen LogP contribution in [-0.2, 0) is 0 Å². The topological polar surface area (TPSA) is 114 Å². The molecule has 1 atom stereocenters. The predicted octanol–water partition coefficient (Wildman–Crippen LogP) is 1.34. The van der Waals surface area contributed by atoms with Gasteiger partial charge >= 0.3 is 0 Å². The molecular formula is C13H16N8OS. The molecule has 23 heavy (non-hydrogen) atoms. The Labute approximate surface area is 136 Å². The molecule has 1 unspecified atom stereocenters. The minimum Gasteiger partial charge on any atom is -0.343 e. The van der Waals surface area contributed by atoms with Gasteiger partial charge in [0.15, 0.2) is 5.82 Å². The Morgan fingerprint density at radius 3 is 2.91 bits per heavy atom. The standard InChI is InChI=1S/C13H16N8OS/c1-4-10(13-16-7(2)8(3)23-13)17-12(22)9-5-14-18-11(9)21-6-15-19-20-21/h5-6,10H,4H2,1-3H3,(H,14,18)(H,17,22). The highest BCUT2D eigenvalue weighted by Gasteiger charge is 2.22. The van der Waals surface area contributed by atoms with Crippen LogP contribution in [-0.4, -0.2) is 41.3 Å². The van der Waals surface area contributed by atoms with E-state index in [2.05, 4.69) is 36.0 Å². The predicted molar refractivity (Wildman–Crippen MR) is 83.4 cm³/mol. The lowest BCUT2D eigenvalue weighted by atomic mass is 10.2. The van der Waals surface area contributed by atoms with E-state index in [-0.39, 0.29) is 11.9 Å². The third-order valence-corrected chi connectivity index (χ3v) is 4.69. The highest BCUT2D eigenvalue weighted by Crippen LogP contribution is 2.25. The van der Waals surface area contributed by atoms with Gasteiger partial charge in [-0.2, -0.15) is 9.78 Å². The zero-order chi connectivity index (χ0) is 16.4. The molecule has 3 aromatic heterocycles. The number of nitrogens with zero attached hydrogens (tertiary/aromatic N) is 6. The molecule has 0 aliphatic rings. The second-order valence-electron chi connectivity index (χ2n) is 5.01. The van der Waals surface area contributed by atoms with Gasteiger partial charge in [0, 0.05) is 4.88 Å². The van der Waals surface area contributed by atoms with Crippen LogP contribution in [0.1, 0.15) is 45.3 Å². The van der Waals surface area contributed by atoms with Crippen molar-refractivity contribution < 1.29 is 4.79 Å².